The first-order chi connectivity index (χ1) is 16.3. The van der Waals surface area contributed by atoms with Crippen LogP contribution in [0.5, 0.6) is 0 Å². The third-order valence-corrected chi connectivity index (χ3v) is 5.66. The van der Waals surface area contributed by atoms with E-state index in [9.17, 15) is 28.6 Å². The number of nitrogens with zero attached hydrogens (tertiary/aromatic N) is 3. The molecule has 3 aromatic carbocycles. The minimum absolute atomic E-state index is 0.126. The zero-order valence-electron chi connectivity index (χ0n) is 17.9. The molecule has 0 saturated heterocycles. The van der Waals surface area contributed by atoms with Gasteiger partial charge >= 0.3 is 5.97 Å². The van der Waals surface area contributed by atoms with Crippen molar-refractivity contribution in [2.75, 3.05) is 0 Å². The number of hydrogen-bond acceptors (Lipinski definition) is 5. The maximum absolute atomic E-state index is 13.5. The first-order valence-electron chi connectivity index (χ1n) is 10.6. The molecule has 4 aromatic rings. The zero-order chi connectivity index (χ0) is 24.2. The molecular formula is C25H21F2N3O4. The van der Waals surface area contributed by atoms with Crippen molar-refractivity contribution in [3.05, 3.63) is 94.3 Å². The van der Waals surface area contributed by atoms with Gasteiger partial charge in [-0.1, -0.05) is 41.6 Å². The van der Waals surface area contributed by atoms with Crippen LogP contribution in [0.25, 0.3) is 22.0 Å². The Hall–Kier alpha value is -3.98. The molecule has 9 heteroatoms. The van der Waals surface area contributed by atoms with Gasteiger partial charge in [0.25, 0.3) is 5.56 Å². The second-order valence-corrected chi connectivity index (χ2v) is 8.00. The van der Waals surface area contributed by atoms with Crippen molar-refractivity contribution in [1.29, 1.82) is 0 Å². The standard InChI is InChI=1S/C25H21F2N3O4/c26-18-11-17(12-19(27)13-18)16-8-5-15(6-9-16)7-10-23(31)21(25(33)34)14-30-24(32)20-3-1-2-4-22(20)28-29-30/h1-6,8-9,11-13,21,23,31H,7,10,14H2,(H,33,34). The van der Waals surface area contributed by atoms with Crippen LogP contribution in [0, 0.1) is 17.6 Å². The molecule has 34 heavy (non-hydrogen) atoms. The second-order valence-electron chi connectivity index (χ2n) is 8.00. The van der Waals surface area contributed by atoms with Crippen LogP contribution in [0.4, 0.5) is 8.78 Å². The molecule has 174 valence electrons. The summed E-state index contributed by atoms with van der Waals surface area (Å²) in [6.07, 6.45) is -0.753. The summed E-state index contributed by atoms with van der Waals surface area (Å²) in [6, 6.07) is 16.8. The molecule has 2 atom stereocenters. The first kappa shape index (κ1) is 23.2. The summed E-state index contributed by atoms with van der Waals surface area (Å²) in [5, 5.41) is 28.3. The Balaban J connectivity index is 1.44. The van der Waals surface area contributed by atoms with E-state index < -0.39 is 35.2 Å². The lowest BCUT2D eigenvalue weighted by atomic mass is 9.95. The number of rotatable bonds is 8. The normalized spacial score (nSPS) is 13.0. The van der Waals surface area contributed by atoms with Crippen molar-refractivity contribution in [2.45, 2.75) is 25.5 Å². The molecule has 7 nitrogen and oxygen atoms in total. The summed E-state index contributed by atoms with van der Waals surface area (Å²) in [5.74, 6) is -3.85. The van der Waals surface area contributed by atoms with Gasteiger partial charge in [0.2, 0.25) is 0 Å². The van der Waals surface area contributed by atoms with Gasteiger partial charge in [0.05, 0.1) is 18.0 Å². The number of aliphatic carboxylic acids is 1. The van der Waals surface area contributed by atoms with Gasteiger partial charge in [-0.3, -0.25) is 9.59 Å². The number of carbonyl (C=O) groups is 1. The molecule has 1 aromatic heterocycles. The van der Waals surface area contributed by atoms with Crippen molar-refractivity contribution < 1.29 is 23.8 Å². The molecule has 0 saturated carbocycles. The lowest BCUT2D eigenvalue weighted by molar-refractivity contribution is -0.146. The molecule has 2 N–H and O–H groups in total. The number of aryl methyl sites for hydroxylation is 1. The highest BCUT2D eigenvalue weighted by Crippen LogP contribution is 2.23. The van der Waals surface area contributed by atoms with Crippen LogP contribution in [-0.2, 0) is 17.8 Å². The number of aromatic nitrogens is 3. The minimum atomic E-state index is -1.26. The van der Waals surface area contributed by atoms with E-state index in [2.05, 4.69) is 10.3 Å². The van der Waals surface area contributed by atoms with Gasteiger partial charge in [0.1, 0.15) is 23.1 Å². The lowest BCUT2D eigenvalue weighted by Gasteiger charge is -2.19. The number of benzene rings is 3. The largest absolute Gasteiger partial charge is 0.481 e. The van der Waals surface area contributed by atoms with Gasteiger partial charge in [-0.25, -0.2) is 13.5 Å². The van der Waals surface area contributed by atoms with Crippen molar-refractivity contribution in [1.82, 2.24) is 15.0 Å². The zero-order valence-corrected chi connectivity index (χ0v) is 17.9. The van der Waals surface area contributed by atoms with E-state index in [1.54, 1.807) is 48.5 Å². The smallest absolute Gasteiger partial charge is 0.311 e. The molecule has 0 amide bonds. The third-order valence-electron chi connectivity index (χ3n) is 5.66. The van der Waals surface area contributed by atoms with Gasteiger partial charge in [0.15, 0.2) is 0 Å². The van der Waals surface area contributed by atoms with Gasteiger partial charge < -0.3 is 10.2 Å². The number of aliphatic hydroxyl groups excluding tert-OH is 1. The SMILES string of the molecule is O=C(O)C(Cn1nnc2ccccc2c1=O)C(O)CCc1ccc(-c2cc(F)cc(F)c2)cc1. The van der Waals surface area contributed by atoms with E-state index in [1.165, 1.54) is 12.1 Å². The molecule has 1 heterocycles. The number of carboxylic acid groups (broad SMARTS) is 1. The van der Waals surface area contributed by atoms with Crippen molar-refractivity contribution in [3.8, 4) is 11.1 Å². The number of fused-ring (bicyclic) bond motifs is 1. The topological polar surface area (TPSA) is 105 Å². The van der Waals surface area contributed by atoms with Crippen LogP contribution in [0.15, 0.2) is 71.5 Å². The fourth-order valence-electron chi connectivity index (χ4n) is 3.79. The summed E-state index contributed by atoms with van der Waals surface area (Å²) in [6.45, 7) is -0.322. The maximum atomic E-state index is 13.5. The Morgan fingerprint density at radius 1 is 0.971 bits per heavy atom. The first-order valence-corrected chi connectivity index (χ1v) is 10.6. The monoisotopic (exact) mass is 465 g/mol. The fourth-order valence-corrected chi connectivity index (χ4v) is 3.79. The number of aliphatic hydroxyl groups is 1. The summed E-state index contributed by atoms with van der Waals surface area (Å²) < 4.78 is 27.9. The van der Waals surface area contributed by atoms with E-state index in [1.807, 2.05) is 0 Å². The fraction of sp³-hybridized carbons (Fsp3) is 0.200. The molecule has 0 spiro atoms. The molecule has 0 fully saturated rings. The minimum Gasteiger partial charge on any atom is -0.481 e. The van der Waals surface area contributed by atoms with E-state index in [-0.39, 0.29) is 13.0 Å². The molecular weight excluding hydrogens is 444 g/mol. The van der Waals surface area contributed by atoms with Crippen LogP contribution < -0.4 is 5.56 Å². The lowest BCUT2D eigenvalue weighted by Crippen LogP contribution is -2.37. The average Bonchev–Trinajstić information content (AvgIpc) is 2.82. The summed E-state index contributed by atoms with van der Waals surface area (Å²) >= 11 is 0. The summed E-state index contributed by atoms with van der Waals surface area (Å²) in [4.78, 5) is 24.4. The second kappa shape index (κ2) is 9.88. The molecule has 4 rings (SSSR count). The molecule has 0 aliphatic rings. The average molecular weight is 465 g/mol. The summed E-state index contributed by atoms with van der Waals surface area (Å²) in [7, 11) is 0. The van der Waals surface area contributed by atoms with E-state index in [0.717, 1.165) is 16.3 Å². The van der Waals surface area contributed by atoms with Crippen LogP contribution in [-0.4, -0.2) is 37.3 Å². The molecule has 0 aliphatic heterocycles. The predicted octanol–water partition coefficient (Wildman–Crippen LogP) is 3.43. The highest BCUT2D eigenvalue weighted by Gasteiger charge is 2.28. The van der Waals surface area contributed by atoms with Crippen LogP contribution >= 0.6 is 0 Å². The quantitative estimate of drug-likeness (QED) is 0.413. The number of hydrogen-bond donors (Lipinski definition) is 2. The van der Waals surface area contributed by atoms with Gasteiger partial charge in [0, 0.05) is 6.07 Å². The van der Waals surface area contributed by atoms with Crippen molar-refractivity contribution in [3.63, 3.8) is 0 Å². The van der Waals surface area contributed by atoms with Crippen molar-refractivity contribution in [2.24, 2.45) is 5.92 Å². The number of halogens is 2. The molecule has 0 radical (unpaired) electrons. The van der Waals surface area contributed by atoms with Crippen LogP contribution in [0.2, 0.25) is 0 Å². The highest BCUT2D eigenvalue weighted by atomic mass is 19.1. The maximum Gasteiger partial charge on any atom is 0.311 e. The van der Waals surface area contributed by atoms with Gasteiger partial charge in [-0.15, -0.1) is 5.10 Å². The number of carboxylic acids is 1. The van der Waals surface area contributed by atoms with E-state index >= 15 is 0 Å². The van der Waals surface area contributed by atoms with Crippen LogP contribution in [0.1, 0.15) is 12.0 Å². The van der Waals surface area contributed by atoms with E-state index in [4.69, 9.17) is 0 Å². The Labute approximate surface area is 192 Å². The third kappa shape index (κ3) is 5.15. The predicted molar refractivity (Wildman–Crippen MR) is 121 cm³/mol. The molecule has 0 aliphatic carbocycles. The molecule has 0 bridgehead atoms. The Kier molecular flexibility index (Phi) is 6.74. The highest BCUT2D eigenvalue weighted by molar-refractivity contribution is 5.76. The van der Waals surface area contributed by atoms with Gasteiger partial charge in [-0.2, -0.15) is 0 Å². The van der Waals surface area contributed by atoms with E-state index in [0.29, 0.717) is 28.5 Å². The Morgan fingerprint density at radius 3 is 2.32 bits per heavy atom. The van der Waals surface area contributed by atoms with Crippen molar-refractivity contribution >= 4 is 16.9 Å². The molecule has 2 unspecified atom stereocenters. The summed E-state index contributed by atoms with van der Waals surface area (Å²) in [5.41, 5.74) is 1.76. The Morgan fingerprint density at radius 2 is 1.65 bits per heavy atom. The van der Waals surface area contributed by atoms with Gasteiger partial charge in [-0.05, 0) is 53.8 Å². The van der Waals surface area contributed by atoms with Crippen LogP contribution in [0.3, 0.4) is 0 Å². The Bertz CT molecular complexity index is 1370.